The van der Waals surface area contributed by atoms with Gasteiger partial charge in [-0.25, -0.2) is 0 Å². The zero-order valence-corrected chi connectivity index (χ0v) is 12.0. The number of ether oxygens (including phenoxy) is 3. The topological polar surface area (TPSA) is 190 Å². The van der Waals surface area contributed by atoms with Crippen molar-refractivity contribution in [2.45, 2.75) is 54.8 Å². The lowest BCUT2D eigenvalue weighted by atomic mass is 9.99. The van der Waals surface area contributed by atoms with Crippen LogP contribution in [0.4, 0.5) is 0 Å². The van der Waals surface area contributed by atoms with Crippen LogP contribution in [-0.4, -0.2) is 117 Å². The molecule has 0 amide bonds. The number of aliphatic hydroxyl groups excluding tert-OH is 7. The Bertz CT molecular complexity index is 414. The van der Waals surface area contributed by atoms with E-state index < -0.39 is 74.6 Å². The predicted octanol–water partition coefficient (Wildman–Crippen LogP) is -5.40. The van der Waals surface area contributed by atoms with Crippen LogP contribution in [-0.2, 0) is 14.2 Å². The van der Waals surface area contributed by atoms with Gasteiger partial charge >= 0.3 is 0 Å². The molecular formula is C12H22O11. The Hall–Kier alpha value is -0.440. The van der Waals surface area contributed by atoms with E-state index in [-0.39, 0.29) is 0 Å². The molecule has 2 aliphatic heterocycles. The molecule has 0 radical (unpaired) electrons. The molecule has 2 aliphatic rings. The maximum absolute atomic E-state index is 10.1. The second kappa shape index (κ2) is 7.21. The molecule has 9 atom stereocenters. The van der Waals surface area contributed by atoms with E-state index in [0.29, 0.717) is 0 Å². The van der Waals surface area contributed by atoms with Gasteiger partial charge in [0.2, 0.25) is 7.22 Å². The molecule has 136 valence electrons. The smallest absolute Gasteiger partial charge is 0.219 e. The highest BCUT2D eigenvalue weighted by molar-refractivity contribution is 4.98. The van der Waals surface area contributed by atoms with Crippen molar-refractivity contribution in [3.63, 3.8) is 0 Å². The van der Waals surface area contributed by atoms with Crippen molar-refractivity contribution in [2.24, 2.45) is 0 Å². The van der Waals surface area contributed by atoms with Gasteiger partial charge in [0, 0.05) is 0 Å². The van der Waals surface area contributed by atoms with Crippen LogP contribution in [0.3, 0.4) is 0 Å². The largest absolute Gasteiger partial charge is 0.394 e. The van der Waals surface area contributed by atoms with Gasteiger partial charge < -0.3 is 55.1 Å². The van der Waals surface area contributed by atoms with E-state index in [2.05, 4.69) is 5.11 Å². The lowest BCUT2D eigenvalue weighted by Crippen LogP contribution is -2.60. The standard InChI is InChI=1S/C12H22O11/c13-1-4-6(16)7(17)8(18)11(21-4)22-9-5(2-14)23-12(20,3-15)10(9)19/h4-11,13-20H,1-3H2/t4-,5-,6+,7+,8-,9-,10+,11+,12?/m1/s1/i18D. The summed E-state index contributed by atoms with van der Waals surface area (Å²) in [7, 11) is 0. The Labute approximate surface area is 132 Å². The summed E-state index contributed by atoms with van der Waals surface area (Å²) in [5.41, 5.74) is 0. The molecule has 23 heavy (non-hydrogen) atoms. The first-order chi connectivity index (χ1) is 11.3. The highest BCUT2D eigenvalue weighted by Gasteiger charge is 2.56. The first kappa shape index (κ1) is 17.4. The first-order valence-electron chi connectivity index (χ1n) is 7.43. The molecule has 0 aromatic heterocycles. The fourth-order valence-corrected chi connectivity index (χ4v) is 2.61. The zero-order valence-electron chi connectivity index (χ0n) is 13.0. The van der Waals surface area contributed by atoms with Gasteiger partial charge in [0.25, 0.3) is 0 Å². The van der Waals surface area contributed by atoms with Crippen molar-refractivity contribution in [2.75, 3.05) is 19.8 Å². The monoisotopic (exact) mass is 343 g/mol. The van der Waals surface area contributed by atoms with Crippen LogP contribution in [0.1, 0.15) is 0 Å². The van der Waals surface area contributed by atoms with E-state index in [1.54, 1.807) is 0 Å². The summed E-state index contributed by atoms with van der Waals surface area (Å²) in [6.07, 6.45) is -11.9. The summed E-state index contributed by atoms with van der Waals surface area (Å²) >= 11 is 0. The highest BCUT2D eigenvalue weighted by Crippen LogP contribution is 2.33. The summed E-state index contributed by atoms with van der Waals surface area (Å²) in [6, 6.07) is 0. The quantitative estimate of drug-likeness (QED) is 0.230. The van der Waals surface area contributed by atoms with Crippen molar-refractivity contribution in [3.05, 3.63) is 0 Å². The molecule has 11 heteroatoms. The molecule has 0 spiro atoms. The molecule has 0 aromatic carbocycles. The van der Waals surface area contributed by atoms with E-state index in [1.165, 1.54) is 0 Å². The van der Waals surface area contributed by atoms with Gasteiger partial charge in [-0.2, -0.15) is 0 Å². The Balaban J connectivity index is 2.17. The number of rotatable bonds is 6. The van der Waals surface area contributed by atoms with E-state index >= 15 is 0 Å². The number of hydrogen-bond acceptors (Lipinski definition) is 11. The van der Waals surface area contributed by atoms with Gasteiger partial charge in [-0.05, 0) is 0 Å². The summed E-state index contributed by atoms with van der Waals surface area (Å²) in [6.45, 7) is -2.33. The Morgan fingerprint density at radius 1 is 1.00 bits per heavy atom. The van der Waals surface area contributed by atoms with Crippen LogP contribution in [0.15, 0.2) is 0 Å². The SMILES string of the molecule is [2H]O[C@H]1[C@H](O[C@@H]2[C@@H](CO)OC(O)(CO)[C@H]2O)O[C@H](CO)[C@H](O)[C@@H]1O. The minimum absolute atomic E-state index is 0.670. The third-order valence-corrected chi connectivity index (χ3v) is 4.02. The molecule has 2 rings (SSSR count). The van der Waals surface area contributed by atoms with Crippen molar-refractivity contribution in [3.8, 4) is 0 Å². The first-order valence-corrected chi connectivity index (χ1v) is 7.02. The van der Waals surface area contributed by atoms with Crippen LogP contribution < -0.4 is 0 Å². The Morgan fingerprint density at radius 3 is 2.17 bits per heavy atom. The second-order valence-corrected chi connectivity index (χ2v) is 5.56. The van der Waals surface area contributed by atoms with Gasteiger partial charge in [-0.15, -0.1) is 0 Å². The minimum Gasteiger partial charge on any atom is -0.394 e. The predicted molar refractivity (Wildman–Crippen MR) is 68.6 cm³/mol. The van der Waals surface area contributed by atoms with Gasteiger partial charge in [-0.3, -0.25) is 0 Å². The van der Waals surface area contributed by atoms with Crippen molar-refractivity contribution in [1.82, 2.24) is 0 Å². The van der Waals surface area contributed by atoms with E-state index in [9.17, 15) is 25.5 Å². The number of hydrogen-bond donors (Lipinski definition) is 8. The lowest BCUT2D eigenvalue weighted by Gasteiger charge is -2.41. The van der Waals surface area contributed by atoms with E-state index in [0.717, 1.165) is 0 Å². The average molecular weight is 343 g/mol. The highest BCUT2D eigenvalue weighted by atomic mass is 16.7. The van der Waals surface area contributed by atoms with Crippen LogP contribution in [0, 0.1) is 0 Å². The molecule has 1 unspecified atom stereocenters. The van der Waals surface area contributed by atoms with Crippen molar-refractivity contribution in [1.29, 1.82) is 1.43 Å². The van der Waals surface area contributed by atoms with Crippen molar-refractivity contribution < 1.29 is 55.1 Å². The number of aliphatic hydroxyl groups is 8. The molecule has 0 aliphatic carbocycles. The van der Waals surface area contributed by atoms with Crippen LogP contribution >= 0.6 is 0 Å². The lowest BCUT2D eigenvalue weighted by molar-refractivity contribution is -0.318. The second-order valence-electron chi connectivity index (χ2n) is 5.56. The molecule has 0 aromatic rings. The zero-order chi connectivity index (χ0) is 18.1. The molecular weight excluding hydrogens is 320 g/mol. The molecule has 0 bridgehead atoms. The molecule has 11 nitrogen and oxygen atoms in total. The fourth-order valence-electron chi connectivity index (χ4n) is 2.61. The maximum Gasteiger partial charge on any atom is 0.219 e. The normalized spacial score (nSPS) is 51.7. The third-order valence-electron chi connectivity index (χ3n) is 4.02. The van der Waals surface area contributed by atoms with Crippen LogP contribution in [0.25, 0.3) is 0 Å². The Kier molecular flexibility index (Phi) is 5.45. The van der Waals surface area contributed by atoms with Gasteiger partial charge in [0.1, 0.15) is 42.7 Å². The summed E-state index contributed by atoms with van der Waals surface area (Å²) < 4.78 is 22.5. The van der Waals surface area contributed by atoms with Gasteiger partial charge in [-0.1, -0.05) is 0 Å². The molecule has 2 saturated heterocycles. The van der Waals surface area contributed by atoms with Crippen LogP contribution in [0.2, 0.25) is 0 Å². The van der Waals surface area contributed by atoms with Gasteiger partial charge in [0.05, 0.1) is 19.8 Å². The maximum atomic E-state index is 10.1. The van der Waals surface area contributed by atoms with E-state index in [4.69, 9.17) is 25.9 Å². The molecule has 8 N–H and O–H groups in total. The minimum atomic E-state index is -2.38. The van der Waals surface area contributed by atoms with Crippen molar-refractivity contribution >= 4 is 0 Å². The summed E-state index contributed by atoms with van der Waals surface area (Å²) in [4.78, 5) is 0. The fraction of sp³-hybridized carbons (Fsp3) is 1.00. The Morgan fingerprint density at radius 2 is 1.65 bits per heavy atom. The average Bonchev–Trinajstić information content (AvgIpc) is 2.83. The molecule has 2 fully saturated rings. The van der Waals surface area contributed by atoms with Gasteiger partial charge in [0.15, 0.2) is 6.29 Å². The third kappa shape index (κ3) is 3.36. The molecule has 0 saturated carbocycles. The molecule has 2 heterocycles. The van der Waals surface area contributed by atoms with Crippen LogP contribution in [0.5, 0.6) is 0 Å². The van der Waals surface area contributed by atoms with E-state index in [1.807, 2.05) is 0 Å². The summed E-state index contributed by atoms with van der Waals surface area (Å²) in [5, 5.41) is 71.5. The summed E-state index contributed by atoms with van der Waals surface area (Å²) in [5.74, 6) is -2.38.